The van der Waals surface area contributed by atoms with Gasteiger partial charge in [0, 0.05) is 6.61 Å². The molecule has 0 saturated heterocycles. The van der Waals surface area contributed by atoms with E-state index >= 15 is 0 Å². The molecule has 0 bridgehead atoms. The fourth-order valence-corrected chi connectivity index (χ4v) is 1.67. The molecule has 0 spiro atoms. The van der Waals surface area contributed by atoms with Gasteiger partial charge in [-0.25, -0.2) is 0 Å². The second-order valence-electron chi connectivity index (χ2n) is 3.70. The molecule has 2 rings (SSSR count). The molecule has 0 radical (unpaired) electrons. The zero-order valence-electron chi connectivity index (χ0n) is 7.33. The van der Waals surface area contributed by atoms with E-state index in [2.05, 4.69) is 31.2 Å². The van der Waals surface area contributed by atoms with Crippen LogP contribution in [0.3, 0.4) is 0 Å². The highest BCUT2D eigenvalue weighted by Gasteiger charge is 2.37. The highest BCUT2D eigenvalue weighted by molar-refractivity contribution is 5.28. The first-order valence-electron chi connectivity index (χ1n) is 4.48. The van der Waals surface area contributed by atoms with Crippen molar-refractivity contribution in [3.05, 3.63) is 35.4 Å². The van der Waals surface area contributed by atoms with E-state index in [1.165, 1.54) is 17.5 Å². The van der Waals surface area contributed by atoms with Gasteiger partial charge >= 0.3 is 0 Å². The molecule has 0 heterocycles. The van der Waals surface area contributed by atoms with E-state index in [0.29, 0.717) is 18.4 Å². The minimum absolute atomic E-state index is 0.346. The molecule has 2 atom stereocenters. The second kappa shape index (κ2) is 2.91. The van der Waals surface area contributed by atoms with Crippen molar-refractivity contribution in [2.75, 3.05) is 6.61 Å². The van der Waals surface area contributed by atoms with Crippen LogP contribution in [0.15, 0.2) is 24.3 Å². The Kier molecular flexibility index (Phi) is 1.89. The number of benzene rings is 1. The van der Waals surface area contributed by atoms with Gasteiger partial charge in [-0.05, 0) is 30.7 Å². The smallest absolute Gasteiger partial charge is 0.0465 e. The summed E-state index contributed by atoms with van der Waals surface area (Å²) in [6, 6.07) is 8.63. The van der Waals surface area contributed by atoms with Crippen LogP contribution in [0.1, 0.15) is 23.5 Å². The molecule has 1 heteroatoms. The third-order valence-corrected chi connectivity index (χ3v) is 2.66. The Morgan fingerprint density at radius 2 is 2.00 bits per heavy atom. The highest BCUT2D eigenvalue weighted by atomic mass is 16.3. The molecule has 1 aromatic carbocycles. The largest absolute Gasteiger partial charge is 0.396 e. The fourth-order valence-electron chi connectivity index (χ4n) is 1.67. The molecule has 1 N–H and O–H groups in total. The lowest BCUT2D eigenvalue weighted by atomic mass is 10.1. The van der Waals surface area contributed by atoms with Crippen molar-refractivity contribution in [2.24, 2.45) is 5.92 Å². The van der Waals surface area contributed by atoms with E-state index in [1.54, 1.807) is 0 Å². The summed E-state index contributed by atoms with van der Waals surface area (Å²) in [4.78, 5) is 0. The lowest BCUT2D eigenvalue weighted by Crippen LogP contribution is -1.88. The van der Waals surface area contributed by atoms with Crippen LogP contribution in [0.4, 0.5) is 0 Å². The minimum Gasteiger partial charge on any atom is -0.396 e. The number of aliphatic hydroxyl groups excluding tert-OH is 1. The van der Waals surface area contributed by atoms with Gasteiger partial charge in [-0.1, -0.05) is 29.8 Å². The van der Waals surface area contributed by atoms with Gasteiger partial charge in [0.1, 0.15) is 0 Å². The third kappa shape index (κ3) is 1.37. The Morgan fingerprint density at radius 3 is 2.50 bits per heavy atom. The van der Waals surface area contributed by atoms with Crippen LogP contribution >= 0.6 is 0 Å². The first kappa shape index (κ1) is 7.81. The van der Waals surface area contributed by atoms with E-state index in [0.717, 1.165) is 0 Å². The minimum atomic E-state index is 0.346. The summed E-state index contributed by atoms with van der Waals surface area (Å²) < 4.78 is 0. The molecule has 1 aromatic rings. The maximum absolute atomic E-state index is 8.89. The molecule has 1 aliphatic carbocycles. The molecule has 1 fully saturated rings. The number of hydrogen-bond donors (Lipinski definition) is 1. The van der Waals surface area contributed by atoms with E-state index in [-0.39, 0.29) is 0 Å². The summed E-state index contributed by atoms with van der Waals surface area (Å²) in [6.45, 7) is 2.44. The Morgan fingerprint density at radius 1 is 1.33 bits per heavy atom. The first-order chi connectivity index (χ1) is 5.81. The summed E-state index contributed by atoms with van der Waals surface area (Å²) >= 11 is 0. The van der Waals surface area contributed by atoms with E-state index in [9.17, 15) is 0 Å². The zero-order valence-corrected chi connectivity index (χ0v) is 7.33. The van der Waals surface area contributed by atoms with Gasteiger partial charge < -0.3 is 5.11 Å². The molecular formula is C11H14O. The van der Waals surface area contributed by atoms with Crippen LogP contribution in [0.5, 0.6) is 0 Å². The van der Waals surface area contributed by atoms with Crippen molar-refractivity contribution >= 4 is 0 Å². The molecule has 0 aromatic heterocycles. The standard InChI is InChI=1S/C11H14O/c1-8-2-4-9(5-3-8)11-6-10(11)7-12/h2-5,10-12H,6-7H2,1H3/t10-,11+/m0/s1. The maximum atomic E-state index is 8.89. The molecule has 1 saturated carbocycles. The highest BCUT2D eigenvalue weighted by Crippen LogP contribution is 2.46. The summed E-state index contributed by atoms with van der Waals surface area (Å²) in [7, 11) is 0. The van der Waals surface area contributed by atoms with E-state index in [4.69, 9.17) is 5.11 Å². The molecule has 1 aliphatic rings. The van der Waals surface area contributed by atoms with Crippen LogP contribution in [-0.4, -0.2) is 11.7 Å². The maximum Gasteiger partial charge on any atom is 0.0465 e. The molecule has 0 amide bonds. The van der Waals surface area contributed by atoms with E-state index < -0.39 is 0 Å². The van der Waals surface area contributed by atoms with Crippen LogP contribution in [-0.2, 0) is 0 Å². The molecule has 64 valence electrons. The lowest BCUT2D eigenvalue weighted by molar-refractivity contribution is 0.274. The van der Waals surface area contributed by atoms with Crippen molar-refractivity contribution in [3.63, 3.8) is 0 Å². The van der Waals surface area contributed by atoms with Crippen molar-refractivity contribution < 1.29 is 5.11 Å². The van der Waals surface area contributed by atoms with Gasteiger partial charge in [-0.15, -0.1) is 0 Å². The Labute approximate surface area is 73.0 Å². The number of hydrogen-bond acceptors (Lipinski definition) is 1. The van der Waals surface area contributed by atoms with Crippen molar-refractivity contribution in [1.29, 1.82) is 0 Å². The predicted molar refractivity (Wildman–Crippen MR) is 49.1 cm³/mol. The molecule has 12 heavy (non-hydrogen) atoms. The topological polar surface area (TPSA) is 20.2 Å². The molecular weight excluding hydrogens is 148 g/mol. The van der Waals surface area contributed by atoms with Crippen molar-refractivity contribution in [2.45, 2.75) is 19.3 Å². The van der Waals surface area contributed by atoms with Crippen LogP contribution in [0.25, 0.3) is 0 Å². The van der Waals surface area contributed by atoms with Crippen LogP contribution < -0.4 is 0 Å². The quantitative estimate of drug-likeness (QED) is 0.706. The van der Waals surface area contributed by atoms with Gasteiger partial charge in [0.2, 0.25) is 0 Å². The SMILES string of the molecule is Cc1ccc([C@H]2C[C@H]2CO)cc1. The van der Waals surface area contributed by atoms with Gasteiger partial charge in [-0.2, -0.15) is 0 Å². The summed E-state index contributed by atoms with van der Waals surface area (Å²) in [5, 5.41) is 8.89. The number of aliphatic hydroxyl groups is 1. The number of rotatable bonds is 2. The Balaban J connectivity index is 2.10. The second-order valence-corrected chi connectivity index (χ2v) is 3.70. The zero-order chi connectivity index (χ0) is 8.55. The molecule has 1 nitrogen and oxygen atoms in total. The first-order valence-corrected chi connectivity index (χ1v) is 4.48. The fraction of sp³-hybridized carbons (Fsp3) is 0.455. The average Bonchev–Trinajstić information content (AvgIpc) is 2.85. The van der Waals surface area contributed by atoms with Gasteiger partial charge in [0.25, 0.3) is 0 Å². The van der Waals surface area contributed by atoms with Crippen LogP contribution in [0.2, 0.25) is 0 Å². The molecule has 0 aliphatic heterocycles. The monoisotopic (exact) mass is 162 g/mol. The Bertz CT molecular complexity index is 263. The van der Waals surface area contributed by atoms with Gasteiger partial charge in [0.05, 0.1) is 0 Å². The predicted octanol–water partition coefficient (Wildman–Crippen LogP) is 2.09. The van der Waals surface area contributed by atoms with Gasteiger partial charge in [0.15, 0.2) is 0 Å². The van der Waals surface area contributed by atoms with Gasteiger partial charge in [-0.3, -0.25) is 0 Å². The Hall–Kier alpha value is -0.820. The summed E-state index contributed by atoms with van der Waals surface area (Å²) in [5.41, 5.74) is 2.69. The summed E-state index contributed by atoms with van der Waals surface area (Å²) in [5.74, 6) is 1.17. The van der Waals surface area contributed by atoms with Crippen molar-refractivity contribution in [1.82, 2.24) is 0 Å². The average molecular weight is 162 g/mol. The van der Waals surface area contributed by atoms with Crippen LogP contribution in [0, 0.1) is 12.8 Å². The van der Waals surface area contributed by atoms with E-state index in [1.807, 2.05) is 0 Å². The lowest BCUT2D eigenvalue weighted by Gasteiger charge is -1.98. The summed E-state index contributed by atoms with van der Waals surface area (Å²) in [6.07, 6.45) is 1.17. The third-order valence-electron chi connectivity index (χ3n) is 2.66. The normalized spacial score (nSPS) is 27.2. The molecule has 0 unspecified atom stereocenters. The van der Waals surface area contributed by atoms with Crippen molar-refractivity contribution in [3.8, 4) is 0 Å². The number of aryl methyl sites for hydroxylation is 1.